The van der Waals surface area contributed by atoms with Crippen LogP contribution in [0.2, 0.25) is 0 Å². The van der Waals surface area contributed by atoms with E-state index in [1.165, 1.54) is 6.33 Å². The van der Waals surface area contributed by atoms with Gasteiger partial charge in [0.2, 0.25) is 5.91 Å². The van der Waals surface area contributed by atoms with Gasteiger partial charge >= 0.3 is 0 Å². The van der Waals surface area contributed by atoms with Gasteiger partial charge in [-0.3, -0.25) is 4.79 Å². The van der Waals surface area contributed by atoms with Crippen LogP contribution in [0.5, 0.6) is 0 Å². The fourth-order valence-electron chi connectivity index (χ4n) is 0.947. The minimum atomic E-state index is -0.0679. The van der Waals surface area contributed by atoms with Gasteiger partial charge in [-0.15, -0.1) is 0 Å². The van der Waals surface area contributed by atoms with E-state index in [-0.39, 0.29) is 12.5 Å². The van der Waals surface area contributed by atoms with Gasteiger partial charge in [-0.05, 0) is 6.42 Å². The van der Waals surface area contributed by atoms with Crippen LogP contribution in [0.25, 0.3) is 0 Å². The Hall–Kier alpha value is -1.65. The van der Waals surface area contributed by atoms with Gasteiger partial charge in [0.15, 0.2) is 0 Å². The van der Waals surface area contributed by atoms with Crippen molar-refractivity contribution < 1.29 is 4.79 Å². The van der Waals surface area contributed by atoms with Crippen molar-refractivity contribution in [3.63, 3.8) is 0 Å². The maximum Gasteiger partial charge on any atom is 0.239 e. The molecule has 0 aliphatic heterocycles. The van der Waals surface area contributed by atoms with Crippen molar-refractivity contribution >= 4 is 11.7 Å². The summed E-state index contributed by atoms with van der Waals surface area (Å²) in [5.74, 6) is 0.613. The number of nitrogens with zero attached hydrogens (tertiary/aromatic N) is 2. The molecule has 1 amide bonds. The summed E-state index contributed by atoms with van der Waals surface area (Å²) in [4.78, 5) is 19.0. The smallest absolute Gasteiger partial charge is 0.239 e. The largest absolute Gasteiger partial charge is 0.361 e. The highest BCUT2D eigenvalue weighted by atomic mass is 16.1. The molecule has 0 saturated carbocycles. The molecular weight excluding hydrogens is 180 g/mol. The summed E-state index contributed by atoms with van der Waals surface area (Å²) in [6.07, 6.45) is 2.35. The number of rotatable bonds is 4. The minimum absolute atomic E-state index is 0.0679. The summed E-state index contributed by atoms with van der Waals surface area (Å²) in [6.45, 7) is 2.25. The van der Waals surface area contributed by atoms with E-state index in [2.05, 4.69) is 20.6 Å². The summed E-state index contributed by atoms with van der Waals surface area (Å²) in [6, 6.07) is 1.84. The van der Waals surface area contributed by atoms with Crippen molar-refractivity contribution in [1.82, 2.24) is 15.3 Å². The predicted octanol–water partition coefficient (Wildman–Crippen LogP) is 0.197. The number of hydrogen-bond acceptors (Lipinski definition) is 4. The molecule has 2 N–H and O–H groups in total. The molecule has 0 aromatic carbocycles. The van der Waals surface area contributed by atoms with Crippen LogP contribution >= 0.6 is 0 Å². The van der Waals surface area contributed by atoms with E-state index < -0.39 is 0 Å². The molecule has 0 atom stereocenters. The zero-order valence-electron chi connectivity index (χ0n) is 8.37. The van der Waals surface area contributed by atoms with Gasteiger partial charge in [-0.2, -0.15) is 0 Å². The maximum absolute atomic E-state index is 10.9. The standard InChI is InChI=1S/C9H14N4O/c1-3-7-4-8(13-6-12-7)11-5-9(14)10-2/h4,6H,3,5H2,1-2H3,(H,10,14)(H,11,12,13). The molecule has 0 saturated heterocycles. The lowest BCUT2D eigenvalue weighted by molar-refractivity contribution is -0.118. The molecule has 1 heterocycles. The maximum atomic E-state index is 10.9. The summed E-state index contributed by atoms with van der Waals surface area (Å²) in [7, 11) is 1.60. The van der Waals surface area contributed by atoms with E-state index in [1.807, 2.05) is 13.0 Å². The van der Waals surface area contributed by atoms with Crippen molar-refractivity contribution in [3.8, 4) is 0 Å². The fourth-order valence-corrected chi connectivity index (χ4v) is 0.947. The van der Waals surface area contributed by atoms with E-state index in [9.17, 15) is 4.79 Å². The van der Waals surface area contributed by atoms with Crippen LogP contribution in [0.3, 0.4) is 0 Å². The summed E-state index contributed by atoms with van der Waals surface area (Å²) >= 11 is 0. The van der Waals surface area contributed by atoms with Crippen LogP contribution in [-0.4, -0.2) is 29.5 Å². The average molecular weight is 194 g/mol. The highest BCUT2D eigenvalue weighted by Gasteiger charge is 1.99. The van der Waals surface area contributed by atoms with Gasteiger partial charge in [0.25, 0.3) is 0 Å². The third-order valence-electron chi connectivity index (χ3n) is 1.79. The van der Waals surface area contributed by atoms with Crippen LogP contribution in [0.1, 0.15) is 12.6 Å². The van der Waals surface area contributed by atoms with Gasteiger partial charge in [0.1, 0.15) is 12.1 Å². The first kappa shape index (κ1) is 10.4. The summed E-state index contributed by atoms with van der Waals surface area (Å²) < 4.78 is 0. The van der Waals surface area contributed by atoms with Gasteiger partial charge in [0, 0.05) is 18.8 Å². The number of likely N-dealkylation sites (N-methyl/N-ethyl adjacent to an activating group) is 1. The SMILES string of the molecule is CCc1cc(NCC(=O)NC)ncn1. The van der Waals surface area contributed by atoms with Crippen molar-refractivity contribution in [1.29, 1.82) is 0 Å². The highest BCUT2D eigenvalue weighted by molar-refractivity contribution is 5.79. The van der Waals surface area contributed by atoms with Crippen LogP contribution in [0.4, 0.5) is 5.82 Å². The quantitative estimate of drug-likeness (QED) is 0.718. The predicted molar refractivity (Wildman–Crippen MR) is 54.0 cm³/mol. The Morgan fingerprint density at radius 1 is 1.50 bits per heavy atom. The molecule has 0 bridgehead atoms. The highest BCUT2D eigenvalue weighted by Crippen LogP contribution is 2.03. The molecule has 0 aliphatic rings. The molecule has 76 valence electrons. The molecule has 5 nitrogen and oxygen atoms in total. The minimum Gasteiger partial charge on any atom is -0.361 e. The Kier molecular flexibility index (Phi) is 3.84. The Balaban J connectivity index is 2.54. The number of amides is 1. The topological polar surface area (TPSA) is 66.9 Å². The molecule has 0 unspecified atom stereocenters. The Morgan fingerprint density at radius 2 is 2.29 bits per heavy atom. The monoisotopic (exact) mass is 194 g/mol. The number of carbonyl (C=O) groups excluding carboxylic acids is 1. The van der Waals surface area contributed by atoms with Crippen LogP contribution in [0, 0.1) is 0 Å². The Bertz CT molecular complexity index is 313. The second-order valence-electron chi connectivity index (χ2n) is 2.77. The molecule has 1 aromatic heterocycles. The van der Waals surface area contributed by atoms with Gasteiger partial charge in [-0.1, -0.05) is 6.92 Å². The van der Waals surface area contributed by atoms with Gasteiger partial charge in [0.05, 0.1) is 6.54 Å². The summed E-state index contributed by atoms with van der Waals surface area (Å²) in [5.41, 5.74) is 0.958. The lowest BCUT2D eigenvalue weighted by atomic mass is 10.3. The number of aryl methyl sites for hydroxylation is 1. The Morgan fingerprint density at radius 3 is 2.93 bits per heavy atom. The molecule has 1 rings (SSSR count). The van der Waals surface area contributed by atoms with E-state index in [0.29, 0.717) is 5.82 Å². The molecule has 0 aliphatic carbocycles. The third-order valence-corrected chi connectivity index (χ3v) is 1.79. The van der Waals surface area contributed by atoms with Crippen LogP contribution in [0.15, 0.2) is 12.4 Å². The number of hydrogen-bond donors (Lipinski definition) is 2. The third kappa shape index (κ3) is 3.01. The van der Waals surface area contributed by atoms with Gasteiger partial charge < -0.3 is 10.6 Å². The van der Waals surface area contributed by atoms with E-state index in [4.69, 9.17) is 0 Å². The zero-order chi connectivity index (χ0) is 10.4. The molecule has 1 aromatic rings. The summed E-state index contributed by atoms with van der Waals surface area (Å²) in [5, 5.41) is 5.43. The first-order chi connectivity index (χ1) is 6.76. The van der Waals surface area contributed by atoms with Crippen molar-refractivity contribution in [2.45, 2.75) is 13.3 Å². The first-order valence-corrected chi connectivity index (χ1v) is 4.51. The average Bonchev–Trinajstić information content (AvgIpc) is 2.26. The van der Waals surface area contributed by atoms with Crippen LogP contribution in [-0.2, 0) is 11.2 Å². The number of nitrogens with one attached hydrogen (secondary N) is 2. The molecule has 0 spiro atoms. The van der Waals surface area contributed by atoms with Crippen LogP contribution < -0.4 is 10.6 Å². The zero-order valence-corrected chi connectivity index (χ0v) is 8.37. The second-order valence-corrected chi connectivity index (χ2v) is 2.77. The molecule has 0 radical (unpaired) electrons. The lowest BCUT2D eigenvalue weighted by Crippen LogP contribution is -2.26. The second kappa shape index (κ2) is 5.16. The number of carbonyl (C=O) groups is 1. The normalized spacial score (nSPS) is 9.57. The lowest BCUT2D eigenvalue weighted by Gasteiger charge is -2.04. The van der Waals surface area contributed by atoms with Crippen molar-refractivity contribution in [2.75, 3.05) is 18.9 Å². The van der Waals surface area contributed by atoms with Crippen molar-refractivity contribution in [3.05, 3.63) is 18.1 Å². The molecule has 5 heteroatoms. The fraction of sp³-hybridized carbons (Fsp3) is 0.444. The van der Waals surface area contributed by atoms with Crippen molar-refractivity contribution in [2.24, 2.45) is 0 Å². The molecular formula is C9H14N4O. The van der Waals surface area contributed by atoms with E-state index in [0.717, 1.165) is 12.1 Å². The molecule has 0 fully saturated rings. The molecule has 14 heavy (non-hydrogen) atoms. The Labute approximate surface area is 83.0 Å². The number of aromatic nitrogens is 2. The van der Waals surface area contributed by atoms with E-state index >= 15 is 0 Å². The van der Waals surface area contributed by atoms with E-state index in [1.54, 1.807) is 7.05 Å². The number of anilines is 1. The van der Waals surface area contributed by atoms with Gasteiger partial charge in [-0.25, -0.2) is 9.97 Å². The first-order valence-electron chi connectivity index (χ1n) is 4.51.